The molecule has 0 fully saturated rings. The summed E-state index contributed by atoms with van der Waals surface area (Å²) >= 11 is 0. The maximum Gasteiger partial charge on any atom is 0.305 e. The number of nitrogens with zero attached hydrogens (tertiary/aromatic N) is 1. The highest BCUT2D eigenvalue weighted by Gasteiger charge is 2.08. The number of carbonyl (C=O) groups excluding carboxylic acids is 1. The van der Waals surface area contributed by atoms with Crippen LogP contribution >= 0.6 is 0 Å². The number of hydrogen-bond donors (Lipinski definition) is 1. The fourth-order valence-corrected chi connectivity index (χ4v) is 2.92. The van der Waals surface area contributed by atoms with E-state index in [1.54, 1.807) is 0 Å². The van der Waals surface area contributed by atoms with Gasteiger partial charge in [0.1, 0.15) is 0 Å². The van der Waals surface area contributed by atoms with Crippen LogP contribution in [0.3, 0.4) is 0 Å². The van der Waals surface area contributed by atoms with Crippen molar-refractivity contribution in [1.29, 1.82) is 0 Å². The van der Waals surface area contributed by atoms with Crippen molar-refractivity contribution in [3.63, 3.8) is 0 Å². The Labute approximate surface area is 168 Å². The highest BCUT2D eigenvalue weighted by molar-refractivity contribution is 5.80. The lowest BCUT2D eigenvalue weighted by molar-refractivity contribution is -0.140. The van der Waals surface area contributed by atoms with Crippen molar-refractivity contribution in [2.75, 3.05) is 7.11 Å². The average Bonchev–Trinajstić information content (AvgIpc) is 3.25. The highest BCUT2D eigenvalue weighted by Crippen LogP contribution is 2.29. The third-order valence-electron chi connectivity index (χ3n) is 4.50. The van der Waals surface area contributed by atoms with Gasteiger partial charge in [-0.1, -0.05) is 93.3 Å². The maximum absolute atomic E-state index is 10.6. The lowest BCUT2D eigenvalue weighted by atomic mass is 10.0. The second-order valence-corrected chi connectivity index (χ2v) is 6.63. The molecule has 0 aliphatic carbocycles. The van der Waals surface area contributed by atoms with Crippen LogP contribution in [0, 0.1) is 0 Å². The largest absolute Gasteiger partial charge is 0.469 e. The van der Waals surface area contributed by atoms with Crippen molar-refractivity contribution < 1.29 is 9.53 Å². The van der Waals surface area contributed by atoms with Gasteiger partial charge in [0.05, 0.1) is 19.0 Å². The van der Waals surface area contributed by atoms with Gasteiger partial charge in [-0.2, -0.15) is 5.10 Å². The third kappa shape index (κ3) is 7.03. The standard InChI is InChI=1S/C15H12N2.C9H18O2/c1-3-7-12(8-4-1)14-11-16-17-15(14)13-9-5-2-6-10-13;1-3-4-5-6-7-8-9(10)11-2/h1-11H,(H,16,17);3-8H2,1-2H3. The zero-order valence-corrected chi connectivity index (χ0v) is 16.9. The van der Waals surface area contributed by atoms with E-state index in [9.17, 15) is 4.79 Å². The number of hydrogen-bond acceptors (Lipinski definition) is 3. The van der Waals surface area contributed by atoms with E-state index in [0.717, 1.165) is 29.7 Å². The molecule has 3 aromatic rings. The lowest BCUT2D eigenvalue weighted by Gasteiger charge is -2.02. The van der Waals surface area contributed by atoms with Crippen LogP contribution in [0.15, 0.2) is 66.9 Å². The minimum absolute atomic E-state index is 0.0819. The second-order valence-electron chi connectivity index (χ2n) is 6.63. The normalized spacial score (nSPS) is 10.1. The van der Waals surface area contributed by atoms with E-state index >= 15 is 0 Å². The molecule has 0 aliphatic heterocycles. The lowest BCUT2D eigenvalue weighted by Crippen LogP contribution is -1.98. The van der Waals surface area contributed by atoms with Gasteiger partial charge in [0, 0.05) is 17.5 Å². The number of aromatic nitrogens is 2. The molecule has 3 rings (SSSR count). The molecule has 2 aromatic carbocycles. The van der Waals surface area contributed by atoms with Gasteiger partial charge in [0.25, 0.3) is 0 Å². The maximum atomic E-state index is 10.6. The number of carbonyl (C=O) groups is 1. The third-order valence-corrected chi connectivity index (χ3v) is 4.50. The summed E-state index contributed by atoms with van der Waals surface area (Å²) in [7, 11) is 1.44. The molecule has 0 atom stereocenters. The van der Waals surface area contributed by atoms with Gasteiger partial charge in [0.15, 0.2) is 0 Å². The van der Waals surface area contributed by atoms with E-state index in [1.807, 2.05) is 42.6 Å². The van der Waals surface area contributed by atoms with Crippen molar-refractivity contribution in [2.45, 2.75) is 45.4 Å². The molecule has 0 saturated carbocycles. The first kappa shape index (κ1) is 21.4. The Bertz CT molecular complexity index is 744. The van der Waals surface area contributed by atoms with Crippen molar-refractivity contribution in [3.8, 4) is 22.4 Å². The number of H-pyrrole nitrogens is 1. The highest BCUT2D eigenvalue weighted by atomic mass is 16.5. The molecule has 0 aliphatic rings. The monoisotopic (exact) mass is 378 g/mol. The summed E-state index contributed by atoms with van der Waals surface area (Å²) in [5, 5.41) is 7.22. The fraction of sp³-hybridized carbons (Fsp3) is 0.333. The Morgan fingerprint density at radius 3 is 2.11 bits per heavy atom. The summed E-state index contributed by atoms with van der Waals surface area (Å²) in [4.78, 5) is 10.6. The molecule has 148 valence electrons. The van der Waals surface area contributed by atoms with E-state index in [2.05, 4.69) is 46.1 Å². The van der Waals surface area contributed by atoms with Crippen molar-refractivity contribution in [1.82, 2.24) is 10.2 Å². The summed E-state index contributed by atoms with van der Waals surface area (Å²) in [5.74, 6) is -0.0819. The number of nitrogens with one attached hydrogen (secondary N) is 1. The predicted molar refractivity (Wildman–Crippen MR) is 115 cm³/mol. The Kier molecular flexibility index (Phi) is 9.56. The SMILES string of the molecule is CCCCCCCC(=O)OC.c1ccc(-c2cn[nH]c2-c2ccccc2)cc1. The predicted octanol–water partition coefficient (Wildman–Crippen LogP) is 6.26. The van der Waals surface area contributed by atoms with Crippen LogP contribution in [0.25, 0.3) is 22.4 Å². The number of rotatable bonds is 8. The topological polar surface area (TPSA) is 55.0 Å². The molecule has 4 nitrogen and oxygen atoms in total. The van der Waals surface area contributed by atoms with E-state index < -0.39 is 0 Å². The summed E-state index contributed by atoms with van der Waals surface area (Å²) in [6.07, 6.45) is 8.36. The number of esters is 1. The molecule has 4 heteroatoms. The smallest absolute Gasteiger partial charge is 0.305 e. The Morgan fingerprint density at radius 1 is 0.893 bits per heavy atom. The van der Waals surface area contributed by atoms with Crippen LogP contribution in [0.1, 0.15) is 45.4 Å². The van der Waals surface area contributed by atoms with Crippen LogP contribution in [0.2, 0.25) is 0 Å². The second kappa shape index (κ2) is 12.5. The van der Waals surface area contributed by atoms with Crippen LogP contribution in [-0.2, 0) is 9.53 Å². The Morgan fingerprint density at radius 2 is 1.50 bits per heavy atom. The molecule has 1 N–H and O–H groups in total. The van der Waals surface area contributed by atoms with Gasteiger partial charge < -0.3 is 4.74 Å². The molecule has 0 radical (unpaired) electrons. The molecule has 28 heavy (non-hydrogen) atoms. The van der Waals surface area contributed by atoms with Crippen LogP contribution in [0.4, 0.5) is 0 Å². The molecule has 0 saturated heterocycles. The first-order chi connectivity index (χ1) is 13.8. The van der Waals surface area contributed by atoms with Crippen molar-refractivity contribution in [3.05, 3.63) is 66.9 Å². The molecule has 1 heterocycles. The summed E-state index contributed by atoms with van der Waals surface area (Å²) in [5.41, 5.74) is 4.54. The molecule has 0 amide bonds. The molecular formula is C24H30N2O2. The summed E-state index contributed by atoms with van der Waals surface area (Å²) in [6, 6.07) is 20.5. The van der Waals surface area contributed by atoms with E-state index in [1.165, 1.54) is 31.9 Å². The van der Waals surface area contributed by atoms with Crippen LogP contribution < -0.4 is 0 Å². The van der Waals surface area contributed by atoms with Crippen molar-refractivity contribution >= 4 is 5.97 Å². The van der Waals surface area contributed by atoms with E-state index in [0.29, 0.717) is 6.42 Å². The fourth-order valence-electron chi connectivity index (χ4n) is 2.92. The van der Waals surface area contributed by atoms with Gasteiger partial charge in [-0.05, 0) is 12.0 Å². The van der Waals surface area contributed by atoms with Gasteiger partial charge in [-0.15, -0.1) is 0 Å². The number of methoxy groups -OCH3 is 1. The number of aromatic amines is 1. The van der Waals surface area contributed by atoms with Gasteiger partial charge >= 0.3 is 5.97 Å². The quantitative estimate of drug-likeness (QED) is 0.371. The van der Waals surface area contributed by atoms with Crippen LogP contribution in [-0.4, -0.2) is 23.3 Å². The molecule has 0 bridgehead atoms. The first-order valence-electron chi connectivity index (χ1n) is 9.97. The van der Waals surface area contributed by atoms with E-state index in [-0.39, 0.29) is 5.97 Å². The number of ether oxygens (including phenoxy) is 1. The zero-order valence-electron chi connectivity index (χ0n) is 16.9. The zero-order chi connectivity index (χ0) is 20.0. The minimum atomic E-state index is -0.0819. The molecular weight excluding hydrogens is 348 g/mol. The van der Waals surface area contributed by atoms with Gasteiger partial charge in [-0.25, -0.2) is 0 Å². The summed E-state index contributed by atoms with van der Waals surface area (Å²) < 4.78 is 4.52. The molecule has 0 unspecified atom stereocenters. The van der Waals surface area contributed by atoms with E-state index in [4.69, 9.17) is 0 Å². The minimum Gasteiger partial charge on any atom is -0.469 e. The summed E-state index contributed by atoms with van der Waals surface area (Å²) in [6.45, 7) is 2.18. The van der Waals surface area contributed by atoms with Crippen molar-refractivity contribution in [2.24, 2.45) is 0 Å². The average molecular weight is 379 g/mol. The van der Waals surface area contributed by atoms with Crippen LogP contribution in [0.5, 0.6) is 0 Å². The van der Waals surface area contributed by atoms with Gasteiger partial charge in [-0.3, -0.25) is 9.89 Å². The molecule has 1 aromatic heterocycles. The Hall–Kier alpha value is -2.88. The Balaban J connectivity index is 0.000000224. The number of benzene rings is 2. The first-order valence-corrected chi connectivity index (χ1v) is 9.97. The number of unbranched alkanes of at least 4 members (excludes halogenated alkanes) is 4. The molecule has 0 spiro atoms. The van der Waals surface area contributed by atoms with Gasteiger partial charge in [0.2, 0.25) is 0 Å².